The van der Waals surface area contributed by atoms with Gasteiger partial charge in [0.25, 0.3) is 11.8 Å². The van der Waals surface area contributed by atoms with E-state index in [1.807, 2.05) is 19.1 Å². The number of carbonyl (C=O) groups excluding carboxylic acids is 2. The number of rotatable bonds is 7. The highest BCUT2D eigenvalue weighted by Crippen LogP contribution is 2.55. The van der Waals surface area contributed by atoms with Crippen molar-refractivity contribution in [1.82, 2.24) is 9.97 Å². The SMILES string of the molecule is C=CC(=O)Nc1cccc(C)c1Nc1cc2c(cn1)CN(c1c(F)c(OC)nc(OC)c1F)C(=O)C21CC1. The van der Waals surface area contributed by atoms with Crippen LogP contribution in [0.4, 0.5) is 31.7 Å². The molecule has 9 nitrogen and oxygen atoms in total. The predicted molar refractivity (Wildman–Crippen MR) is 137 cm³/mol. The third-order valence-electron chi connectivity index (χ3n) is 6.86. The average molecular weight is 522 g/mol. The molecule has 1 spiro atoms. The van der Waals surface area contributed by atoms with Gasteiger partial charge in [0.2, 0.25) is 23.4 Å². The summed E-state index contributed by atoms with van der Waals surface area (Å²) < 4.78 is 40.3. The van der Waals surface area contributed by atoms with E-state index in [9.17, 15) is 9.59 Å². The number of benzene rings is 1. The normalized spacial score (nSPS) is 15.1. The Morgan fingerprint density at radius 3 is 2.47 bits per heavy atom. The molecule has 5 rings (SSSR count). The number of ether oxygens (including phenoxy) is 2. The van der Waals surface area contributed by atoms with E-state index in [0.29, 0.717) is 35.6 Å². The summed E-state index contributed by atoms with van der Waals surface area (Å²) in [5, 5.41) is 6.01. The van der Waals surface area contributed by atoms with Gasteiger partial charge in [-0.25, -0.2) is 4.98 Å². The molecule has 1 aromatic carbocycles. The van der Waals surface area contributed by atoms with Crippen LogP contribution in [0.5, 0.6) is 11.8 Å². The number of fused-ring (bicyclic) bond motifs is 2. The van der Waals surface area contributed by atoms with E-state index in [-0.39, 0.29) is 12.5 Å². The maximum Gasteiger partial charge on any atom is 0.255 e. The molecule has 1 saturated carbocycles. The minimum absolute atomic E-state index is 0.0988. The summed E-state index contributed by atoms with van der Waals surface area (Å²) in [6, 6.07) is 7.23. The molecule has 2 amide bonds. The van der Waals surface area contributed by atoms with Crippen LogP contribution in [-0.4, -0.2) is 36.0 Å². The summed E-state index contributed by atoms with van der Waals surface area (Å²) in [6.07, 6.45) is 3.80. The second kappa shape index (κ2) is 9.40. The molecule has 2 aromatic heterocycles. The first kappa shape index (κ1) is 25.1. The third kappa shape index (κ3) is 4.00. The van der Waals surface area contributed by atoms with Crippen molar-refractivity contribution in [1.29, 1.82) is 0 Å². The molecule has 3 heterocycles. The van der Waals surface area contributed by atoms with Gasteiger partial charge in [-0.1, -0.05) is 18.7 Å². The molecule has 2 N–H and O–H groups in total. The zero-order valence-corrected chi connectivity index (χ0v) is 21.0. The Balaban J connectivity index is 1.53. The standard InChI is InChI=1S/C27H25F2N5O4/c1-5-19(35)31-17-8-6-7-14(2)22(17)32-18-11-16-15(12-30-18)13-34(26(36)27(16)9-10-27)23-20(28)24(37-3)33-25(38-4)21(23)29/h5-8,11-12H,1,9-10,13H2,2-4H3,(H,30,32)(H,31,35). The summed E-state index contributed by atoms with van der Waals surface area (Å²) in [7, 11) is 2.40. The second-order valence-corrected chi connectivity index (χ2v) is 9.12. The molecule has 0 atom stereocenters. The molecular weight excluding hydrogens is 496 g/mol. The van der Waals surface area contributed by atoms with Gasteiger partial charge in [0.15, 0.2) is 0 Å². The van der Waals surface area contributed by atoms with Crippen LogP contribution in [0.2, 0.25) is 0 Å². The highest BCUT2D eigenvalue weighted by atomic mass is 19.1. The molecule has 1 fully saturated rings. The number of nitrogens with one attached hydrogen (secondary N) is 2. The lowest BCUT2D eigenvalue weighted by atomic mass is 9.86. The summed E-state index contributed by atoms with van der Waals surface area (Å²) in [4.78, 5) is 34.9. The third-order valence-corrected chi connectivity index (χ3v) is 6.86. The Hall–Kier alpha value is -4.54. The molecule has 38 heavy (non-hydrogen) atoms. The Bertz CT molecular complexity index is 1460. The van der Waals surface area contributed by atoms with Gasteiger partial charge in [-0.05, 0) is 54.7 Å². The molecule has 2 aliphatic rings. The number of aromatic nitrogens is 2. The molecule has 0 radical (unpaired) electrons. The van der Waals surface area contributed by atoms with Crippen LogP contribution in [0.25, 0.3) is 0 Å². The van der Waals surface area contributed by atoms with E-state index in [1.54, 1.807) is 18.3 Å². The van der Waals surface area contributed by atoms with Crippen molar-refractivity contribution < 1.29 is 27.8 Å². The predicted octanol–water partition coefficient (Wildman–Crippen LogP) is 4.53. The molecule has 0 saturated heterocycles. The maximum atomic E-state index is 15.2. The van der Waals surface area contributed by atoms with Gasteiger partial charge in [-0.2, -0.15) is 13.8 Å². The van der Waals surface area contributed by atoms with Crippen LogP contribution in [0.1, 0.15) is 29.5 Å². The minimum Gasteiger partial charge on any atom is -0.479 e. The second-order valence-electron chi connectivity index (χ2n) is 9.12. The zero-order chi connectivity index (χ0) is 27.2. The van der Waals surface area contributed by atoms with Crippen LogP contribution >= 0.6 is 0 Å². The monoisotopic (exact) mass is 521 g/mol. The van der Waals surface area contributed by atoms with Crippen molar-refractivity contribution in [2.24, 2.45) is 0 Å². The number of anilines is 4. The van der Waals surface area contributed by atoms with Crippen molar-refractivity contribution in [2.75, 3.05) is 29.8 Å². The number of hydrogen-bond donors (Lipinski definition) is 2. The van der Waals surface area contributed by atoms with E-state index < -0.39 is 40.4 Å². The van der Waals surface area contributed by atoms with E-state index in [0.717, 1.165) is 16.0 Å². The molecule has 1 aliphatic heterocycles. The lowest BCUT2D eigenvalue weighted by molar-refractivity contribution is -0.121. The molecule has 3 aromatic rings. The number of methoxy groups -OCH3 is 2. The lowest BCUT2D eigenvalue weighted by Gasteiger charge is -2.35. The summed E-state index contributed by atoms with van der Waals surface area (Å²) in [6.45, 7) is 5.27. The van der Waals surface area contributed by atoms with Gasteiger partial charge in [-0.3, -0.25) is 9.59 Å². The maximum absolute atomic E-state index is 15.2. The molecular formula is C27H25F2N5O4. The van der Waals surface area contributed by atoms with Crippen LogP contribution in [0, 0.1) is 18.6 Å². The van der Waals surface area contributed by atoms with Gasteiger partial charge < -0.3 is 25.0 Å². The molecule has 196 valence electrons. The van der Waals surface area contributed by atoms with E-state index in [2.05, 4.69) is 27.2 Å². The van der Waals surface area contributed by atoms with Gasteiger partial charge in [-0.15, -0.1) is 0 Å². The summed E-state index contributed by atoms with van der Waals surface area (Å²) in [5.74, 6) is -3.44. The van der Waals surface area contributed by atoms with Crippen molar-refractivity contribution in [2.45, 2.75) is 31.7 Å². The smallest absolute Gasteiger partial charge is 0.255 e. The fourth-order valence-corrected chi connectivity index (χ4v) is 4.77. The first-order valence-corrected chi connectivity index (χ1v) is 11.8. The molecule has 1 aliphatic carbocycles. The Kier molecular flexibility index (Phi) is 6.22. The Morgan fingerprint density at radius 1 is 1.18 bits per heavy atom. The number of aryl methyl sites for hydroxylation is 1. The van der Waals surface area contributed by atoms with Crippen LogP contribution in [0.15, 0.2) is 43.1 Å². The van der Waals surface area contributed by atoms with E-state index in [4.69, 9.17) is 9.47 Å². The number of hydrogen-bond acceptors (Lipinski definition) is 7. The number of nitrogens with zero attached hydrogens (tertiary/aromatic N) is 3. The lowest BCUT2D eigenvalue weighted by Crippen LogP contribution is -2.45. The number of para-hydroxylation sites is 1. The Labute approximate surface area is 217 Å². The first-order valence-electron chi connectivity index (χ1n) is 11.8. The van der Waals surface area contributed by atoms with E-state index >= 15 is 8.78 Å². The van der Waals surface area contributed by atoms with Crippen molar-refractivity contribution >= 4 is 34.7 Å². The van der Waals surface area contributed by atoms with Gasteiger partial charge in [0.1, 0.15) is 11.5 Å². The largest absolute Gasteiger partial charge is 0.479 e. The number of carbonyl (C=O) groups is 2. The van der Waals surface area contributed by atoms with Crippen molar-refractivity contribution in [3.8, 4) is 11.8 Å². The summed E-state index contributed by atoms with van der Waals surface area (Å²) in [5.41, 5.74) is 1.96. The number of amides is 2. The number of halogens is 2. The minimum atomic E-state index is -1.08. The van der Waals surface area contributed by atoms with Crippen LogP contribution in [0.3, 0.4) is 0 Å². The van der Waals surface area contributed by atoms with Gasteiger partial charge in [0, 0.05) is 6.20 Å². The van der Waals surface area contributed by atoms with Crippen LogP contribution < -0.4 is 25.0 Å². The van der Waals surface area contributed by atoms with Crippen molar-refractivity contribution in [3.63, 3.8) is 0 Å². The fraction of sp³-hybridized carbons (Fsp3) is 0.259. The quantitative estimate of drug-likeness (QED) is 0.440. The topological polar surface area (TPSA) is 106 Å². The van der Waals surface area contributed by atoms with Gasteiger partial charge >= 0.3 is 0 Å². The van der Waals surface area contributed by atoms with Crippen molar-refractivity contribution in [3.05, 3.63) is 71.4 Å². The summed E-state index contributed by atoms with van der Waals surface area (Å²) >= 11 is 0. The molecule has 0 unspecified atom stereocenters. The Morgan fingerprint density at radius 2 is 1.87 bits per heavy atom. The zero-order valence-electron chi connectivity index (χ0n) is 21.0. The van der Waals surface area contributed by atoms with Crippen LogP contribution in [-0.2, 0) is 21.5 Å². The number of pyridine rings is 2. The first-order chi connectivity index (χ1) is 18.2. The highest BCUT2D eigenvalue weighted by molar-refractivity contribution is 6.05. The fourth-order valence-electron chi connectivity index (χ4n) is 4.77. The highest BCUT2D eigenvalue weighted by Gasteiger charge is 2.57. The molecule has 0 bridgehead atoms. The van der Waals surface area contributed by atoms with Gasteiger partial charge in [0.05, 0.1) is 37.6 Å². The van der Waals surface area contributed by atoms with E-state index in [1.165, 1.54) is 20.3 Å². The average Bonchev–Trinajstić information content (AvgIpc) is 3.71. The molecule has 11 heteroatoms.